The van der Waals surface area contributed by atoms with Gasteiger partial charge in [-0.3, -0.25) is 0 Å². The van der Waals surface area contributed by atoms with Crippen LogP contribution < -0.4 is 0 Å². The van der Waals surface area contributed by atoms with Gasteiger partial charge in [0.25, 0.3) is 0 Å². The molecule has 124 valence electrons. The van der Waals surface area contributed by atoms with E-state index in [1.54, 1.807) is 5.57 Å². The minimum absolute atomic E-state index is 0.0598. The first-order valence-corrected chi connectivity index (χ1v) is 9.15. The highest BCUT2D eigenvalue weighted by molar-refractivity contribution is 5.25. The van der Waals surface area contributed by atoms with Crippen LogP contribution in [0.2, 0.25) is 0 Å². The zero-order chi connectivity index (χ0) is 15.5. The highest BCUT2D eigenvalue weighted by atomic mass is 19.1. The third-order valence-corrected chi connectivity index (χ3v) is 7.98. The maximum absolute atomic E-state index is 14.3. The largest absolute Gasteiger partial charge is 0.396 e. The summed E-state index contributed by atoms with van der Waals surface area (Å²) in [5.74, 6) is 1.22. The standard InChI is InChI=1S/C19H29FO2/c1-18-8-3-2-4-12(18)5-6-13-14(18)7-9-19(11-21)15(13)10-16(20)17(19)22/h5,13-17,21-22H,2-4,6-11H2,1H3/t13-,14+,15+,16-,17-,18+,19-/m1/s1. The van der Waals surface area contributed by atoms with Gasteiger partial charge in [-0.1, -0.05) is 25.0 Å². The molecule has 3 heteroatoms. The van der Waals surface area contributed by atoms with Crippen molar-refractivity contribution < 1.29 is 14.6 Å². The normalized spacial score (nSPS) is 54.2. The second-order valence-corrected chi connectivity index (χ2v) is 8.59. The third-order valence-electron chi connectivity index (χ3n) is 7.98. The Morgan fingerprint density at radius 2 is 2.09 bits per heavy atom. The fourth-order valence-corrected chi connectivity index (χ4v) is 6.74. The molecule has 3 saturated carbocycles. The summed E-state index contributed by atoms with van der Waals surface area (Å²) in [5.41, 5.74) is 1.37. The Kier molecular flexibility index (Phi) is 3.47. The molecule has 4 aliphatic rings. The molecular formula is C19H29FO2. The molecular weight excluding hydrogens is 279 g/mol. The van der Waals surface area contributed by atoms with Gasteiger partial charge in [-0.15, -0.1) is 0 Å². The molecule has 0 unspecified atom stereocenters. The van der Waals surface area contributed by atoms with Crippen LogP contribution in [0.5, 0.6) is 0 Å². The maximum Gasteiger partial charge on any atom is 0.127 e. The van der Waals surface area contributed by atoms with Crippen molar-refractivity contribution in [1.82, 2.24) is 0 Å². The second-order valence-electron chi connectivity index (χ2n) is 8.59. The number of aliphatic hydroxyl groups excluding tert-OH is 2. The first-order chi connectivity index (χ1) is 10.5. The molecule has 3 fully saturated rings. The van der Waals surface area contributed by atoms with Gasteiger partial charge in [0.1, 0.15) is 6.17 Å². The van der Waals surface area contributed by atoms with E-state index >= 15 is 0 Å². The van der Waals surface area contributed by atoms with Crippen molar-refractivity contribution in [2.45, 2.75) is 70.6 Å². The Morgan fingerprint density at radius 1 is 1.27 bits per heavy atom. The van der Waals surface area contributed by atoms with Crippen LogP contribution in [0.25, 0.3) is 0 Å². The van der Waals surface area contributed by atoms with E-state index in [4.69, 9.17) is 0 Å². The monoisotopic (exact) mass is 308 g/mol. The quantitative estimate of drug-likeness (QED) is 0.726. The summed E-state index contributed by atoms with van der Waals surface area (Å²) >= 11 is 0. The average Bonchev–Trinajstić information content (AvgIpc) is 2.79. The summed E-state index contributed by atoms with van der Waals surface area (Å²) in [5, 5.41) is 20.4. The van der Waals surface area contributed by atoms with Crippen LogP contribution in [0.1, 0.15) is 58.3 Å². The fraction of sp³-hybridized carbons (Fsp3) is 0.895. The van der Waals surface area contributed by atoms with Gasteiger partial charge in [0.15, 0.2) is 0 Å². The highest BCUT2D eigenvalue weighted by Gasteiger charge is 2.62. The van der Waals surface area contributed by atoms with E-state index in [2.05, 4.69) is 13.0 Å². The fourth-order valence-electron chi connectivity index (χ4n) is 6.74. The minimum Gasteiger partial charge on any atom is -0.396 e. The van der Waals surface area contributed by atoms with Crippen LogP contribution in [0.4, 0.5) is 4.39 Å². The molecule has 0 aliphatic heterocycles. The van der Waals surface area contributed by atoms with Crippen LogP contribution >= 0.6 is 0 Å². The third kappa shape index (κ3) is 1.78. The maximum atomic E-state index is 14.3. The van der Waals surface area contributed by atoms with Crippen LogP contribution in [0, 0.1) is 28.6 Å². The number of alkyl halides is 1. The highest BCUT2D eigenvalue weighted by Crippen LogP contribution is 2.65. The van der Waals surface area contributed by atoms with E-state index in [-0.39, 0.29) is 12.5 Å². The van der Waals surface area contributed by atoms with Crippen LogP contribution in [0.3, 0.4) is 0 Å². The van der Waals surface area contributed by atoms with Gasteiger partial charge in [0.2, 0.25) is 0 Å². The van der Waals surface area contributed by atoms with Crippen molar-refractivity contribution in [3.05, 3.63) is 11.6 Å². The molecule has 0 radical (unpaired) electrons. The molecule has 0 heterocycles. The van der Waals surface area contributed by atoms with Crippen molar-refractivity contribution in [2.24, 2.45) is 28.6 Å². The van der Waals surface area contributed by atoms with Crippen LogP contribution in [-0.4, -0.2) is 29.1 Å². The van der Waals surface area contributed by atoms with Crippen molar-refractivity contribution in [3.8, 4) is 0 Å². The predicted octanol–water partition coefficient (Wildman–Crippen LogP) is 3.62. The molecule has 2 nitrogen and oxygen atoms in total. The number of aliphatic hydroxyl groups is 2. The summed E-state index contributed by atoms with van der Waals surface area (Å²) < 4.78 is 14.3. The van der Waals surface area contributed by atoms with Crippen molar-refractivity contribution in [3.63, 3.8) is 0 Å². The molecule has 2 N–H and O–H groups in total. The molecule has 4 aliphatic carbocycles. The molecule has 0 aromatic carbocycles. The number of halogens is 1. The Morgan fingerprint density at radius 3 is 2.86 bits per heavy atom. The number of fused-ring (bicyclic) bond motifs is 5. The predicted molar refractivity (Wildman–Crippen MR) is 84.0 cm³/mol. The summed E-state index contributed by atoms with van der Waals surface area (Å²) in [7, 11) is 0. The average molecular weight is 308 g/mol. The number of allylic oxidation sites excluding steroid dienone is 2. The van der Waals surface area contributed by atoms with E-state index in [0.717, 1.165) is 19.3 Å². The lowest BCUT2D eigenvalue weighted by molar-refractivity contribution is -0.107. The van der Waals surface area contributed by atoms with Crippen molar-refractivity contribution >= 4 is 0 Å². The minimum atomic E-state index is -1.15. The van der Waals surface area contributed by atoms with Gasteiger partial charge in [-0.05, 0) is 68.1 Å². The van der Waals surface area contributed by atoms with E-state index in [1.165, 1.54) is 25.7 Å². The van der Waals surface area contributed by atoms with Crippen molar-refractivity contribution in [2.75, 3.05) is 6.61 Å². The van der Waals surface area contributed by atoms with Gasteiger partial charge >= 0.3 is 0 Å². The lowest BCUT2D eigenvalue weighted by Gasteiger charge is -2.57. The van der Waals surface area contributed by atoms with Gasteiger partial charge < -0.3 is 10.2 Å². The van der Waals surface area contributed by atoms with E-state index in [1.807, 2.05) is 0 Å². The van der Waals surface area contributed by atoms with E-state index < -0.39 is 17.7 Å². The first-order valence-electron chi connectivity index (χ1n) is 9.15. The second kappa shape index (κ2) is 5.04. The molecule has 7 atom stereocenters. The van der Waals surface area contributed by atoms with Crippen LogP contribution in [-0.2, 0) is 0 Å². The smallest absolute Gasteiger partial charge is 0.127 e. The van der Waals surface area contributed by atoms with Gasteiger partial charge in [0.05, 0.1) is 12.7 Å². The molecule has 0 aromatic rings. The Bertz CT molecular complexity index is 490. The zero-order valence-corrected chi connectivity index (χ0v) is 13.6. The summed E-state index contributed by atoms with van der Waals surface area (Å²) in [6.07, 6.45) is 8.75. The van der Waals surface area contributed by atoms with E-state index in [0.29, 0.717) is 23.7 Å². The molecule has 4 rings (SSSR count). The molecule has 0 saturated heterocycles. The van der Waals surface area contributed by atoms with E-state index in [9.17, 15) is 14.6 Å². The first kappa shape index (κ1) is 15.1. The Balaban J connectivity index is 1.71. The lowest BCUT2D eigenvalue weighted by atomic mass is 9.48. The molecule has 22 heavy (non-hydrogen) atoms. The number of hydrogen-bond acceptors (Lipinski definition) is 2. The number of hydrogen-bond donors (Lipinski definition) is 2. The van der Waals surface area contributed by atoms with Gasteiger partial charge in [0, 0.05) is 5.41 Å². The Hall–Kier alpha value is -0.410. The topological polar surface area (TPSA) is 40.5 Å². The number of rotatable bonds is 1. The molecule has 0 bridgehead atoms. The van der Waals surface area contributed by atoms with Gasteiger partial charge in [-0.2, -0.15) is 0 Å². The summed E-state index contributed by atoms with van der Waals surface area (Å²) in [4.78, 5) is 0. The lowest BCUT2D eigenvalue weighted by Crippen LogP contribution is -2.53. The summed E-state index contributed by atoms with van der Waals surface area (Å²) in [6.45, 7) is 2.37. The molecule has 0 spiro atoms. The van der Waals surface area contributed by atoms with Gasteiger partial charge in [-0.25, -0.2) is 4.39 Å². The van der Waals surface area contributed by atoms with Crippen molar-refractivity contribution in [1.29, 1.82) is 0 Å². The Labute approximate surface area is 132 Å². The molecule has 0 amide bonds. The molecule has 0 aromatic heterocycles. The summed E-state index contributed by atoms with van der Waals surface area (Å²) in [6, 6.07) is 0. The SMILES string of the molecule is C[C@]12CCCCC1=CC[C@H]1[C@@H]3C[C@@H](F)[C@@H](O)[C@@]3(CO)CC[C@@H]12. The zero-order valence-electron chi connectivity index (χ0n) is 13.6. The van der Waals surface area contributed by atoms with Crippen LogP contribution in [0.15, 0.2) is 11.6 Å².